The van der Waals surface area contributed by atoms with Crippen LogP contribution < -0.4 is 11.1 Å². The molecule has 2 amide bonds. The monoisotopic (exact) mass is 441 g/mol. The van der Waals surface area contributed by atoms with Crippen molar-refractivity contribution in [3.63, 3.8) is 0 Å². The topological polar surface area (TPSA) is 95.7 Å². The summed E-state index contributed by atoms with van der Waals surface area (Å²) in [5, 5.41) is 13.2. The summed E-state index contributed by atoms with van der Waals surface area (Å²) >= 11 is 0. The predicted octanol–water partition coefficient (Wildman–Crippen LogP) is 3.82. The fourth-order valence-electron chi connectivity index (χ4n) is 6.42. The lowest BCUT2D eigenvalue weighted by atomic mass is 9.83. The van der Waals surface area contributed by atoms with E-state index >= 15 is 0 Å². The van der Waals surface area contributed by atoms with Crippen molar-refractivity contribution in [2.45, 2.75) is 101 Å². The quantitative estimate of drug-likeness (QED) is 0.543. The van der Waals surface area contributed by atoms with Gasteiger partial charge in [0.2, 0.25) is 11.8 Å². The molecule has 0 aromatic heterocycles. The molecule has 3 fully saturated rings. The molecule has 1 aromatic rings. The standard InChI is InChI=1S/C26H39N3O3/c27-25(31)11-12-26(32)28-21(13-18-5-2-1-3-6-18)17-29-22-9-10-23(29)15-20(14-22)19-7-4-8-24(30)16-19/h4,7-8,16,18,20-23,30H,1-3,5-6,9-15,17H2,(H2,27,31)(H,28,32)/t20-,21?,22+,23-. The molecule has 4 atom stereocenters. The Morgan fingerprint density at radius 1 is 1.06 bits per heavy atom. The molecule has 1 aromatic carbocycles. The van der Waals surface area contributed by atoms with Crippen LogP contribution in [-0.4, -0.2) is 46.5 Å². The van der Waals surface area contributed by atoms with E-state index in [9.17, 15) is 14.7 Å². The van der Waals surface area contributed by atoms with Gasteiger partial charge >= 0.3 is 0 Å². The Labute approximate surface area is 191 Å². The molecule has 4 N–H and O–H groups in total. The molecule has 2 saturated heterocycles. The van der Waals surface area contributed by atoms with E-state index in [1.54, 1.807) is 6.07 Å². The van der Waals surface area contributed by atoms with Crippen LogP contribution in [0.2, 0.25) is 0 Å². The van der Waals surface area contributed by atoms with Crippen molar-refractivity contribution in [1.29, 1.82) is 0 Å². The number of hydrogen-bond acceptors (Lipinski definition) is 4. The van der Waals surface area contributed by atoms with Crippen molar-refractivity contribution < 1.29 is 14.7 Å². The summed E-state index contributed by atoms with van der Waals surface area (Å²) < 4.78 is 0. The maximum atomic E-state index is 12.5. The van der Waals surface area contributed by atoms with Crippen LogP contribution in [0.5, 0.6) is 5.75 Å². The van der Waals surface area contributed by atoms with Crippen LogP contribution in [0.3, 0.4) is 0 Å². The zero-order chi connectivity index (χ0) is 22.5. The molecule has 2 aliphatic heterocycles. The van der Waals surface area contributed by atoms with E-state index in [0.29, 0.717) is 29.7 Å². The van der Waals surface area contributed by atoms with Gasteiger partial charge in [-0.25, -0.2) is 0 Å². The average Bonchev–Trinajstić information content (AvgIpc) is 2.99. The van der Waals surface area contributed by atoms with Crippen molar-refractivity contribution in [2.75, 3.05) is 6.54 Å². The molecule has 1 unspecified atom stereocenters. The van der Waals surface area contributed by atoms with Crippen LogP contribution in [0.4, 0.5) is 0 Å². The predicted molar refractivity (Wildman–Crippen MR) is 125 cm³/mol. The second kappa shape index (κ2) is 10.7. The molecule has 6 heteroatoms. The highest BCUT2D eigenvalue weighted by molar-refractivity contribution is 5.82. The van der Waals surface area contributed by atoms with Crippen LogP contribution in [-0.2, 0) is 9.59 Å². The Morgan fingerprint density at radius 3 is 2.44 bits per heavy atom. The van der Waals surface area contributed by atoms with E-state index in [4.69, 9.17) is 5.73 Å². The van der Waals surface area contributed by atoms with Crippen molar-refractivity contribution >= 4 is 11.8 Å². The molecule has 1 aliphatic carbocycles. The van der Waals surface area contributed by atoms with E-state index in [-0.39, 0.29) is 24.8 Å². The summed E-state index contributed by atoms with van der Waals surface area (Å²) in [5.41, 5.74) is 6.49. The van der Waals surface area contributed by atoms with Gasteiger partial charge < -0.3 is 16.2 Å². The lowest BCUT2D eigenvalue weighted by Gasteiger charge is -2.41. The van der Waals surface area contributed by atoms with E-state index < -0.39 is 5.91 Å². The first-order valence-corrected chi connectivity index (χ1v) is 12.6. The number of primary amides is 1. The molecule has 176 valence electrons. The lowest BCUT2D eigenvalue weighted by Crippen LogP contribution is -2.51. The van der Waals surface area contributed by atoms with Gasteiger partial charge in [-0.2, -0.15) is 0 Å². The number of aromatic hydroxyl groups is 1. The Bertz CT molecular complexity index is 778. The highest BCUT2D eigenvalue weighted by Gasteiger charge is 2.42. The van der Waals surface area contributed by atoms with Crippen molar-refractivity contribution in [3.8, 4) is 5.75 Å². The molecule has 1 saturated carbocycles. The Hall–Kier alpha value is -2.08. The molecule has 32 heavy (non-hydrogen) atoms. The number of nitrogens with one attached hydrogen (secondary N) is 1. The maximum absolute atomic E-state index is 12.5. The van der Waals surface area contributed by atoms with E-state index in [1.165, 1.54) is 50.5 Å². The number of piperidine rings is 1. The number of hydrogen-bond donors (Lipinski definition) is 3. The van der Waals surface area contributed by atoms with Gasteiger partial charge in [0.25, 0.3) is 0 Å². The number of nitrogens with two attached hydrogens (primary N) is 1. The Balaban J connectivity index is 1.39. The van der Waals surface area contributed by atoms with E-state index in [0.717, 1.165) is 25.8 Å². The summed E-state index contributed by atoms with van der Waals surface area (Å²) in [5.74, 6) is 1.07. The molecule has 0 spiro atoms. The molecule has 4 rings (SSSR count). The van der Waals surface area contributed by atoms with Crippen molar-refractivity contribution in [3.05, 3.63) is 29.8 Å². The number of nitrogens with zero attached hydrogens (tertiary/aromatic N) is 1. The smallest absolute Gasteiger partial charge is 0.220 e. The Morgan fingerprint density at radius 2 is 1.78 bits per heavy atom. The molecular formula is C26H39N3O3. The number of phenolic OH excluding ortho intramolecular Hbond substituents is 1. The molecule has 3 aliphatic rings. The number of amides is 2. The highest BCUT2D eigenvalue weighted by Crippen LogP contribution is 2.43. The van der Waals surface area contributed by atoms with Crippen LogP contribution in [0.15, 0.2) is 24.3 Å². The SMILES string of the molecule is NC(=O)CCC(=O)NC(CC1CCCCC1)CN1[C@@H]2CC[C@H]1C[C@@H](c1cccc(O)c1)C2. The van der Waals surface area contributed by atoms with Crippen LogP contribution in [0.1, 0.15) is 88.5 Å². The summed E-state index contributed by atoms with van der Waals surface area (Å²) in [4.78, 5) is 26.3. The van der Waals surface area contributed by atoms with E-state index in [1.807, 2.05) is 12.1 Å². The maximum Gasteiger partial charge on any atom is 0.220 e. The van der Waals surface area contributed by atoms with Crippen LogP contribution in [0, 0.1) is 5.92 Å². The second-order valence-corrected chi connectivity index (χ2v) is 10.3. The summed E-state index contributed by atoms with van der Waals surface area (Å²) in [6.45, 7) is 0.904. The van der Waals surface area contributed by atoms with Gasteiger partial charge in [0.15, 0.2) is 0 Å². The van der Waals surface area contributed by atoms with Crippen LogP contribution in [0.25, 0.3) is 0 Å². The minimum atomic E-state index is -0.420. The van der Waals surface area contributed by atoms with Gasteiger partial charge in [-0.05, 0) is 61.6 Å². The van der Waals surface area contributed by atoms with Gasteiger partial charge in [-0.3, -0.25) is 14.5 Å². The number of benzene rings is 1. The fraction of sp³-hybridized carbons (Fsp3) is 0.692. The second-order valence-electron chi connectivity index (χ2n) is 10.3. The third-order valence-corrected chi connectivity index (χ3v) is 7.96. The van der Waals surface area contributed by atoms with Gasteiger partial charge in [-0.1, -0.05) is 44.2 Å². The largest absolute Gasteiger partial charge is 0.508 e. The lowest BCUT2D eigenvalue weighted by molar-refractivity contribution is -0.125. The van der Waals surface area contributed by atoms with Gasteiger partial charge in [0, 0.05) is 37.5 Å². The fourth-order valence-corrected chi connectivity index (χ4v) is 6.42. The molecule has 2 heterocycles. The molecular weight excluding hydrogens is 402 g/mol. The molecule has 2 bridgehead atoms. The number of fused-ring (bicyclic) bond motifs is 2. The third-order valence-electron chi connectivity index (χ3n) is 7.96. The van der Waals surface area contributed by atoms with Crippen molar-refractivity contribution in [2.24, 2.45) is 11.7 Å². The minimum absolute atomic E-state index is 0.0494. The first kappa shape index (κ1) is 23.1. The summed E-state index contributed by atoms with van der Waals surface area (Å²) in [7, 11) is 0. The molecule has 0 radical (unpaired) electrons. The van der Waals surface area contributed by atoms with Gasteiger partial charge in [-0.15, -0.1) is 0 Å². The summed E-state index contributed by atoms with van der Waals surface area (Å²) in [6, 6.07) is 8.97. The number of rotatable bonds is 9. The summed E-state index contributed by atoms with van der Waals surface area (Å²) in [6.07, 6.45) is 12.5. The average molecular weight is 442 g/mol. The number of carbonyl (C=O) groups is 2. The number of phenols is 1. The van der Waals surface area contributed by atoms with Gasteiger partial charge in [0.05, 0.1) is 0 Å². The minimum Gasteiger partial charge on any atom is -0.508 e. The zero-order valence-electron chi connectivity index (χ0n) is 19.2. The zero-order valence-corrected chi connectivity index (χ0v) is 19.2. The van der Waals surface area contributed by atoms with Gasteiger partial charge in [0.1, 0.15) is 5.75 Å². The Kier molecular flexibility index (Phi) is 7.71. The highest BCUT2D eigenvalue weighted by atomic mass is 16.3. The van der Waals surface area contributed by atoms with Crippen molar-refractivity contribution in [1.82, 2.24) is 10.2 Å². The normalized spacial score (nSPS) is 27.2. The van der Waals surface area contributed by atoms with Crippen LogP contribution >= 0.6 is 0 Å². The first-order chi connectivity index (χ1) is 15.5. The molecule has 6 nitrogen and oxygen atoms in total. The number of carbonyl (C=O) groups excluding carboxylic acids is 2. The third kappa shape index (κ3) is 6.03. The van der Waals surface area contributed by atoms with E-state index in [2.05, 4.69) is 16.3 Å². The first-order valence-electron chi connectivity index (χ1n) is 12.6.